The van der Waals surface area contributed by atoms with E-state index in [0.717, 1.165) is 37.8 Å². The Hall–Kier alpha value is -0.860. The fraction of sp³-hybridized carbons (Fsp3) is 0.600. The number of rotatable bonds is 7. The van der Waals surface area contributed by atoms with E-state index in [1.807, 2.05) is 5.38 Å². The van der Waals surface area contributed by atoms with Crippen molar-refractivity contribution in [3.63, 3.8) is 0 Å². The van der Waals surface area contributed by atoms with Gasteiger partial charge in [-0.15, -0.1) is 11.3 Å². The van der Waals surface area contributed by atoms with Gasteiger partial charge in [0.05, 0.1) is 6.61 Å². The fourth-order valence-electron chi connectivity index (χ4n) is 1.77. The highest BCUT2D eigenvalue weighted by Crippen LogP contribution is 2.28. The predicted molar refractivity (Wildman–Crippen MR) is 78.2 cm³/mol. The van der Waals surface area contributed by atoms with Gasteiger partial charge in [0.15, 0.2) is 0 Å². The summed E-state index contributed by atoms with van der Waals surface area (Å²) >= 11 is 1.72. The Bertz CT molecular complexity index is 442. The second-order valence-corrected chi connectivity index (χ2v) is 6.01. The maximum atomic E-state index is 8.65. The minimum Gasteiger partial charge on any atom is -0.384 e. The third-order valence-corrected chi connectivity index (χ3v) is 3.98. The van der Waals surface area contributed by atoms with E-state index in [1.54, 1.807) is 11.3 Å². The first kappa shape index (κ1) is 14.5. The van der Waals surface area contributed by atoms with Crippen LogP contribution in [-0.4, -0.2) is 43.4 Å². The Morgan fingerprint density at radius 2 is 2.37 bits per heavy atom. The molecule has 0 unspecified atom stereocenters. The van der Waals surface area contributed by atoms with Crippen molar-refractivity contribution in [2.24, 2.45) is 5.92 Å². The molecule has 2 rings (SSSR count). The van der Waals surface area contributed by atoms with Gasteiger partial charge in [0.1, 0.15) is 6.61 Å². The number of hydrogen-bond donors (Lipinski definition) is 1. The molecule has 1 aliphatic rings. The average molecular weight is 279 g/mol. The number of thiophene rings is 1. The SMILES string of the molecule is CN(CCOCC1CC1)Cc1cc(C#CCO)cs1. The maximum Gasteiger partial charge on any atom is 0.104 e. The van der Waals surface area contributed by atoms with Crippen molar-refractivity contribution in [1.29, 1.82) is 0 Å². The van der Waals surface area contributed by atoms with Gasteiger partial charge in [-0.2, -0.15) is 0 Å². The summed E-state index contributed by atoms with van der Waals surface area (Å²) in [5, 5.41) is 10.7. The molecule has 4 heteroatoms. The van der Waals surface area contributed by atoms with Crippen LogP contribution in [-0.2, 0) is 11.3 Å². The smallest absolute Gasteiger partial charge is 0.104 e. The van der Waals surface area contributed by atoms with Crippen molar-refractivity contribution < 1.29 is 9.84 Å². The number of nitrogens with zero attached hydrogens (tertiary/aromatic N) is 1. The van der Waals surface area contributed by atoms with Crippen molar-refractivity contribution in [2.75, 3.05) is 33.4 Å². The largest absolute Gasteiger partial charge is 0.384 e. The molecule has 1 aromatic heterocycles. The molecule has 19 heavy (non-hydrogen) atoms. The molecule has 104 valence electrons. The molecule has 0 spiro atoms. The first-order valence-corrected chi connectivity index (χ1v) is 7.59. The van der Waals surface area contributed by atoms with Gasteiger partial charge in [0.2, 0.25) is 0 Å². The Balaban J connectivity index is 1.65. The molecule has 1 N–H and O–H groups in total. The van der Waals surface area contributed by atoms with E-state index in [9.17, 15) is 0 Å². The zero-order chi connectivity index (χ0) is 13.5. The summed E-state index contributed by atoms with van der Waals surface area (Å²) < 4.78 is 5.64. The van der Waals surface area contributed by atoms with Crippen LogP contribution in [0.4, 0.5) is 0 Å². The van der Waals surface area contributed by atoms with Gasteiger partial charge in [-0.3, -0.25) is 4.90 Å². The highest BCUT2D eigenvalue weighted by Gasteiger charge is 2.20. The molecule has 1 aromatic rings. The topological polar surface area (TPSA) is 32.7 Å². The standard InChI is InChI=1S/C15H21NO2S/c1-16(6-8-18-11-13-4-5-13)10-15-9-14(12-19-15)3-2-7-17/h9,12-13,17H,4-8,10-11H2,1H3. The van der Waals surface area contributed by atoms with E-state index < -0.39 is 0 Å². The van der Waals surface area contributed by atoms with Crippen LogP contribution < -0.4 is 0 Å². The van der Waals surface area contributed by atoms with Gasteiger partial charge in [0, 0.05) is 35.5 Å². The van der Waals surface area contributed by atoms with Crippen molar-refractivity contribution in [2.45, 2.75) is 19.4 Å². The van der Waals surface area contributed by atoms with Crippen molar-refractivity contribution >= 4 is 11.3 Å². The second-order valence-electron chi connectivity index (χ2n) is 5.02. The Morgan fingerprint density at radius 3 is 3.11 bits per heavy atom. The molecule has 1 fully saturated rings. The van der Waals surface area contributed by atoms with E-state index in [0.29, 0.717) is 0 Å². The summed E-state index contributed by atoms with van der Waals surface area (Å²) in [7, 11) is 2.11. The lowest BCUT2D eigenvalue weighted by Crippen LogP contribution is -2.22. The van der Waals surface area contributed by atoms with Gasteiger partial charge in [-0.25, -0.2) is 0 Å². The molecule has 1 aliphatic carbocycles. The zero-order valence-corrected chi connectivity index (χ0v) is 12.2. The number of aliphatic hydroxyl groups excluding tert-OH is 1. The van der Waals surface area contributed by atoms with Crippen molar-refractivity contribution in [3.8, 4) is 11.8 Å². The molecule has 3 nitrogen and oxygen atoms in total. The first-order valence-electron chi connectivity index (χ1n) is 6.71. The molecule has 0 radical (unpaired) electrons. The second kappa shape index (κ2) is 7.66. The van der Waals surface area contributed by atoms with Crippen LogP contribution in [0.5, 0.6) is 0 Å². The molecular weight excluding hydrogens is 258 g/mol. The first-order chi connectivity index (χ1) is 9.28. The molecule has 0 aromatic carbocycles. The lowest BCUT2D eigenvalue weighted by Gasteiger charge is -2.15. The molecule has 1 heterocycles. The van der Waals surface area contributed by atoms with Gasteiger partial charge in [-0.1, -0.05) is 11.8 Å². The maximum absolute atomic E-state index is 8.65. The molecule has 0 atom stereocenters. The van der Waals surface area contributed by atoms with Gasteiger partial charge in [0.25, 0.3) is 0 Å². The lowest BCUT2D eigenvalue weighted by molar-refractivity contribution is 0.102. The van der Waals surface area contributed by atoms with E-state index in [2.05, 4.69) is 29.9 Å². The van der Waals surface area contributed by atoms with Crippen LogP contribution >= 0.6 is 11.3 Å². The van der Waals surface area contributed by atoms with Crippen LogP contribution in [0.25, 0.3) is 0 Å². The molecular formula is C15H21NO2S. The number of likely N-dealkylation sites (N-methyl/N-ethyl adjacent to an activating group) is 1. The zero-order valence-electron chi connectivity index (χ0n) is 11.4. The molecule has 1 saturated carbocycles. The quantitative estimate of drug-likeness (QED) is 0.612. The van der Waals surface area contributed by atoms with E-state index in [-0.39, 0.29) is 6.61 Å². The molecule has 0 bridgehead atoms. The summed E-state index contributed by atoms with van der Waals surface area (Å²) in [4.78, 5) is 3.56. The van der Waals surface area contributed by atoms with Crippen LogP contribution in [0.2, 0.25) is 0 Å². The van der Waals surface area contributed by atoms with Crippen molar-refractivity contribution in [3.05, 3.63) is 21.9 Å². The average Bonchev–Trinajstić information content (AvgIpc) is 3.12. The van der Waals surface area contributed by atoms with E-state index >= 15 is 0 Å². The van der Waals surface area contributed by atoms with Gasteiger partial charge < -0.3 is 9.84 Å². The summed E-state index contributed by atoms with van der Waals surface area (Å²) in [5.41, 5.74) is 0.993. The van der Waals surface area contributed by atoms with Crippen LogP contribution in [0.1, 0.15) is 23.3 Å². The minimum absolute atomic E-state index is 0.0799. The number of hydrogen-bond acceptors (Lipinski definition) is 4. The summed E-state index contributed by atoms with van der Waals surface area (Å²) in [6.07, 6.45) is 2.70. The fourth-order valence-corrected chi connectivity index (χ4v) is 2.67. The highest BCUT2D eigenvalue weighted by atomic mass is 32.1. The Labute approximate surface area is 119 Å². The van der Waals surface area contributed by atoms with Crippen LogP contribution in [0.15, 0.2) is 11.4 Å². The molecule has 0 saturated heterocycles. The lowest BCUT2D eigenvalue weighted by atomic mass is 10.3. The van der Waals surface area contributed by atoms with Crippen LogP contribution in [0, 0.1) is 17.8 Å². The third kappa shape index (κ3) is 5.75. The number of aliphatic hydroxyl groups is 1. The van der Waals surface area contributed by atoms with Crippen molar-refractivity contribution in [1.82, 2.24) is 4.90 Å². The van der Waals surface area contributed by atoms with Gasteiger partial charge >= 0.3 is 0 Å². The minimum atomic E-state index is -0.0799. The van der Waals surface area contributed by atoms with E-state index in [1.165, 1.54) is 17.7 Å². The number of ether oxygens (including phenoxy) is 1. The van der Waals surface area contributed by atoms with E-state index in [4.69, 9.17) is 9.84 Å². The third-order valence-electron chi connectivity index (χ3n) is 3.06. The monoisotopic (exact) mass is 279 g/mol. The predicted octanol–water partition coefficient (Wildman–Crippen LogP) is 1.95. The summed E-state index contributed by atoms with van der Waals surface area (Å²) in [5.74, 6) is 6.44. The summed E-state index contributed by atoms with van der Waals surface area (Å²) in [6, 6.07) is 2.09. The Morgan fingerprint density at radius 1 is 1.53 bits per heavy atom. The highest BCUT2D eigenvalue weighted by molar-refractivity contribution is 7.10. The normalized spacial score (nSPS) is 14.5. The Kier molecular flexibility index (Phi) is 5.87. The molecule has 0 aliphatic heterocycles. The molecule has 0 amide bonds. The van der Waals surface area contributed by atoms with Gasteiger partial charge in [-0.05, 0) is 31.9 Å². The summed E-state index contributed by atoms with van der Waals surface area (Å²) in [6.45, 7) is 3.56. The van der Waals surface area contributed by atoms with Crippen LogP contribution in [0.3, 0.4) is 0 Å².